The van der Waals surface area contributed by atoms with Crippen LogP contribution < -0.4 is 0 Å². The Balaban J connectivity index is 2.97. The third kappa shape index (κ3) is 4.98. The van der Waals surface area contributed by atoms with E-state index in [9.17, 15) is 19.2 Å². The Morgan fingerprint density at radius 1 is 1.20 bits per heavy atom. The second kappa shape index (κ2) is 9.11. The number of hydrogen-bond donors (Lipinski definition) is 0. The van der Waals surface area contributed by atoms with E-state index >= 15 is 0 Å². The highest BCUT2D eigenvalue weighted by molar-refractivity contribution is 6.09. The molecule has 3 amide bonds. The molecule has 0 aromatic heterocycles. The number of Topliss-reactive ketones (excluding diaryl/α,β-unsaturated/α-hetero) is 1. The van der Waals surface area contributed by atoms with Crippen LogP contribution in [0, 0.1) is 5.41 Å². The molecule has 1 unspecified atom stereocenters. The summed E-state index contributed by atoms with van der Waals surface area (Å²) in [4.78, 5) is 50.8. The Labute approximate surface area is 148 Å². The zero-order chi connectivity index (χ0) is 19.0. The molecule has 1 atom stereocenters. The maximum Gasteiger partial charge on any atom is 0.244 e. The van der Waals surface area contributed by atoms with Gasteiger partial charge in [-0.25, -0.2) is 0 Å². The molecular formula is C19H26N2O4. The van der Waals surface area contributed by atoms with Crippen molar-refractivity contribution in [3.8, 4) is 0 Å². The third-order valence-corrected chi connectivity index (χ3v) is 4.23. The van der Waals surface area contributed by atoms with Gasteiger partial charge in [0.05, 0.1) is 6.54 Å². The number of rotatable bonds is 8. The first kappa shape index (κ1) is 20.5. The molecule has 0 aliphatic heterocycles. The molecule has 1 rings (SSSR count). The molecule has 0 N–H and O–H groups in total. The van der Waals surface area contributed by atoms with Gasteiger partial charge in [-0.1, -0.05) is 30.4 Å². The van der Waals surface area contributed by atoms with Crippen LogP contribution in [0.3, 0.4) is 0 Å². The number of ketones is 1. The molecule has 1 aliphatic carbocycles. The molecule has 0 bridgehead atoms. The van der Waals surface area contributed by atoms with Crippen LogP contribution >= 0.6 is 0 Å². The fraction of sp³-hybridized carbons (Fsp3) is 0.474. The van der Waals surface area contributed by atoms with Crippen LogP contribution in [0.25, 0.3) is 0 Å². The molecule has 0 fully saturated rings. The van der Waals surface area contributed by atoms with Gasteiger partial charge in [0.1, 0.15) is 5.41 Å². The maximum atomic E-state index is 12.9. The molecule has 136 valence electrons. The zero-order valence-electron chi connectivity index (χ0n) is 15.3. The minimum Gasteiger partial charge on any atom is -0.337 e. The first-order chi connectivity index (χ1) is 11.8. The molecule has 0 saturated carbocycles. The molecular weight excluding hydrogens is 320 g/mol. The summed E-state index contributed by atoms with van der Waals surface area (Å²) in [5, 5.41) is 0. The number of carbonyl (C=O) groups excluding carboxylic acids is 4. The van der Waals surface area contributed by atoms with Crippen molar-refractivity contribution in [3.63, 3.8) is 0 Å². The topological polar surface area (TPSA) is 74.8 Å². The summed E-state index contributed by atoms with van der Waals surface area (Å²) >= 11 is 0. The molecule has 0 heterocycles. The number of amides is 3. The first-order valence-corrected chi connectivity index (χ1v) is 8.27. The Hall–Kier alpha value is -2.50. The molecule has 6 heteroatoms. The van der Waals surface area contributed by atoms with Crippen molar-refractivity contribution in [1.82, 2.24) is 9.80 Å². The van der Waals surface area contributed by atoms with Crippen LogP contribution in [-0.2, 0) is 19.2 Å². The summed E-state index contributed by atoms with van der Waals surface area (Å²) in [6, 6.07) is 0. The molecule has 0 aromatic rings. The van der Waals surface area contributed by atoms with Crippen LogP contribution in [0.4, 0.5) is 0 Å². The van der Waals surface area contributed by atoms with Crippen molar-refractivity contribution in [2.75, 3.05) is 20.6 Å². The van der Waals surface area contributed by atoms with Gasteiger partial charge in [-0.2, -0.15) is 0 Å². The molecule has 25 heavy (non-hydrogen) atoms. The first-order valence-electron chi connectivity index (χ1n) is 8.27. The number of likely N-dealkylation sites (N-methyl/N-ethyl adjacent to an activating group) is 1. The molecule has 1 aliphatic rings. The van der Waals surface area contributed by atoms with Gasteiger partial charge >= 0.3 is 0 Å². The van der Waals surface area contributed by atoms with E-state index in [1.54, 1.807) is 25.2 Å². The number of nitrogens with zero attached hydrogens (tertiary/aromatic N) is 2. The standard InChI is InChI=1S/C19H26N2O4/c1-5-6-12-19(2,18(25)21(4)14-22)17(24)20(3)13-16(23)15-10-8-7-9-11-15/h5-6,8,10-11,14H,7,9,12-13H2,1-4H3/b6-5+. The Morgan fingerprint density at radius 2 is 1.88 bits per heavy atom. The van der Waals surface area contributed by atoms with Crippen molar-refractivity contribution in [2.24, 2.45) is 5.41 Å². The second-order valence-corrected chi connectivity index (χ2v) is 6.35. The SMILES string of the molecule is C/C=C/CC(C)(C(=O)N(C)C=O)C(=O)N(C)CC(=O)C1=CCCC=C1. The van der Waals surface area contributed by atoms with Crippen molar-refractivity contribution < 1.29 is 19.2 Å². The minimum absolute atomic E-state index is 0.113. The van der Waals surface area contributed by atoms with Crippen LogP contribution in [0.2, 0.25) is 0 Å². The van der Waals surface area contributed by atoms with Crippen LogP contribution in [0.15, 0.2) is 36.0 Å². The maximum absolute atomic E-state index is 12.9. The molecule has 0 spiro atoms. The van der Waals surface area contributed by atoms with Crippen molar-refractivity contribution in [1.29, 1.82) is 0 Å². The van der Waals surface area contributed by atoms with Gasteiger partial charge in [0, 0.05) is 19.7 Å². The van der Waals surface area contributed by atoms with Gasteiger partial charge in [-0.15, -0.1) is 0 Å². The van der Waals surface area contributed by atoms with Gasteiger partial charge in [-0.3, -0.25) is 24.1 Å². The molecule has 0 radical (unpaired) electrons. The summed E-state index contributed by atoms with van der Waals surface area (Å²) < 4.78 is 0. The number of carbonyl (C=O) groups is 4. The summed E-state index contributed by atoms with van der Waals surface area (Å²) in [5.74, 6) is -1.25. The van der Waals surface area contributed by atoms with E-state index in [0.717, 1.165) is 17.7 Å². The molecule has 6 nitrogen and oxygen atoms in total. The van der Waals surface area contributed by atoms with Crippen molar-refractivity contribution in [2.45, 2.75) is 33.1 Å². The lowest BCUT2D eigenvalue weighted by Crippen LogP contribution is -2.51. The fourth-order valence-electron chi connectivity index (χ4n) is 2.68. The summed E-state index contributed by atoms with van der Waals surface area (Å²) in [6.45, 7) is 3.17. The highest BCUT2D eigenvalue weighted by atomic mass is 16.2. The lowest BCUT2D eigenvalue weighted by Gasteiger charge is -2.32. The predicted molar refractivity (Wildman–Crippen MR) is 95.5 cm³/mol. The molecule has 0 aromatic carbocycles. The summed E-state index contributed by atoms with van der Waals surface area (Å²) in [7, 11) is 2.81. The quantitative estimate of drug-likeness (QED) is 0.382. The zero-order valence-corrected chi connectivity index (χ0v) is 15.3. The predicted octanol–water partition coefficient (Wildman–Crippen LogP) is 1.88. The van der Waals surface area contributed by atoms with E-state index in [4.69, 9.17) is 0 Å². The van der Waals surface area contributed by atoms with E-state index in [1.165, 1.54) is 25.9 Å². The van der Waals surface area contributed by atoms with E-state index in [-0.39, 0.29) is 18.7 Å². The number of hydrogen-bond acceptors (Lipinski definition) is 4. The van der Waals surface area contributed by atoms with Crippen molar-refractivity contribution >= 4 is 24.0 Å². The van der Waals surface area contributed by atoms with E-state index in [1.807, 2.05) is 12.2 Å². The van der Waals surface area contributed by atoms with E-state index in [2.05, 4.69) is 0 Å². The van der Waals surface area contributed by atoms with Crippen LogP contribution in [0.1, 0.15) is 33.1 Å². The Morgan fingerprint density at radius 3 is 2.40 bits per heavy atom. The van der Waals surface area contributed by atoms with Gasteiger partial charge < -0.3 is 4.90 Å². The highest BCUT2D eigenvalue weighted by Crippen LogP contribution is 2.27. The van der Waals surface area contributed by atoms with Gasteiger partial charge in [0.15, 0.2) is 5.78 Å². The fourth-order valence-corrected chi connectivity index (χ4v) is 2.68. The van der Waals surface area contributed by atoms with Crippen LogP contribution in [0.5, 0.6) is 0 Å². The summed E-state index contributed by atoms with van der Waals surface area (Å²) in [5.41, 5.74) is -0.856. The Kier molecular flexibility index (Phi) is 7.48. The average Bonchev–Trinajstić information content (AvgIpc) is 2.64. The van der Waals surface area contributed by atoms with Gasteiger partial charge in [0.25, 0.3) is 0 Å². The number of allylic oxidation sites excluding steroid dienone is 5. The molecule has 0 saturated heterocycles. The van der Waals surface area contributed by atoms with Crippen LogP contribution in [-0.4, -0.2) is 54.4 Å². The van der Waals surface area contributed by atoms with Gasteiger partial charge in [0.2, 0.25) is 18.2 Å². The summed E-state index contributed by atoms with van der Waals surface area (Å²) in [6.07, 6.45) is 11.2. The average molecular weight is 346 g/mol. The minimum atomic E-state index is -1.44. The van der Waals surface area contributed by atoms with E-state index in [0.29, 0.717) is 12.0 Å². The van der Waals surface area contributed by atoms with E-state index < -0.39 is 17.2 Å². The largest absolute Gasteiger partial charge is 0.337 e. The smallest absolute Gasteiger partial charge is 0.244 e. The van der Waals surface area contributed by atoms with Crippen molar-refractivity contribution in [3.05, 3.63) is 36.0 Å². The monoisotopic (exact) mass is 346 g/mol. The lowest BCUT2D eigenvalue weighted by atomic mass is 9.83. The highest BCUT2D eigenvalue weighted by Gasteiger charge is 2.44. The normalized spacial score (nSPS) is 16.1. The third-order valence-electron chi connectivity index (χ3n) is 4.23. The lowest BCUT2D eigenvalue weighted by molar-refractivity contribution is -0.155. The Bertz CT molecular complexity index is 633. The van der Waals surface area contributed by atoms with Gasteiger partial charge in [-0.05, 0) is 33.1 Å². The number of imide groups is 1. The second-order valence-electron chi connectivity index (χ2n) is 6.35.